The monoisotopic (exact) mass is 391 g/mol. The molecular weight excluding hydrogens is 365 g/mol. The molecule has 5 nitrogen and oxygen atoms in total. The number of aliphatic imine (C=N–C) groups is 1. The van der Waals surface area contributed by atoms with Gasteiger partial charge in [0.15, 0.2) is 15.8 Å². The third-order valence-corrected chi connectivity index (χ3v) is 4.72. The largest absolute Gasteiger partial charge is 0.357 e. The maximum Gasteiger partial charge on any atom is 0.191 e. The van der Waals surface area contributed by atoms with E-state index in [4.69, 9.17) is 0 Å². The van der Waals surface area contributed by atoms with Crippen LogP contribution < -0.4 is 10.6 Å². The molecule has 2 aromatic carbocycles. The summed E-state index contributed by atoms with van der Waals surface area (Å²) in [5.41, 5.74) is 2.42. The summed E-state index contributed by atoms with van der Waals surface area (Å²) in [6.07, 6.45) is 1.79. The Hall–Kier alpha value is -2.41. The minimum Gasteiger partial charge on any atom is -0.357 e. The minimum absolute atomic E-state index is 0.0385. The molecule has 0 amide bonds. The summed E-state index contributed by atoms with van der Waals surface area (Å²) in [6.45, 7) is 3.74. The van der Waals surface area contributed by atoms with E-state index in [9.17, 15) is 12.8 Å². The van der Waals surface area contributed by atoms with Gasteiger partial charge in [0.25, 0.3) is 0 Å². The van der Waals surface area contributed by atoms with Crippen LogP contribution in [0.2, 0.25) is 0 Å². The molecule has 0 saturated heterocycles. The van der Waals surface area contributed by atoms with E-state index in [0.717, 1.165) is 17.7 Å². The highest BCUT2D eigenvalue weighted by Crippen LogP contribution is 2.09. The van der Waals surface area contributed by atoms with Crippen molar-refractivity contribution in [3.05, 3.63) is 71.0 Å². The molecule has 0 aromatic heterocycles. The number of hydrogen-bond donors (Lipinski definition) is 2. The van der Waals surface area contributed by atoms with Gasteiger partial charge in [0, 0.05) is 19.3 Å². The number of nitrogens with one attached hydrogen (secondary N) is 2. The first-order chi connectivity index (χ1) is 12.9. The number of guanidine groups is 1. The third-order valence-electron chi connectivity index (χ3n) is 3.86. The Kier molecular flexibility index (Phi) is 7.79. The van der Waals surface area contributed by atoms with Gasteiger partial charge in [-0.05, 0) is 36.1 Å². The maximum absolute atomic E-state index is 13.7. The van der Waals surface area contributed by atoms with E-state index in [-0.39, 0.29) is 11.6 Å². The van der Waals surface area contributed by atoms with Gasteiger partial charge in [0.05, 0.1) is 12.3 Å². The highest BCUT2D eigenvalue weighted by molar-refractivity contribution is 7.89. The Labute approximate surface area is 160 Å². The van der Waals surface area contributed by atoms with Crippen molar-refractivity contribution in [3.63, 3.8) is 0 Å². The molecule has 0 fully saturated rings. The SMILES string of the molecule is CCNC(=NCc1ccc(CS(C)(=O)=O)cc1)NCCc1ccccc1F. The lowest BCUT2D eigenvalue weighted by molar-refractivity contribution is 0.601. The summed E-state index contributed by atoms with van der Waals surface area (Å²) in [7, 11) is -3.03. The van der Waals surface area contributed by atoms with E-state index < -0.39 is 9.84 Å². The molecule has 146 valence electrons. The lowest BCUT2D eigenvalue weighted by Crippen LogP contribution is -2.38. The molecule has 7 heteroatoms. The summed E-state index contributed by atoms with van der Waals surface area (Å²) in [4.78, 5) is 4.52. The Balaban J connectivity index is 1.91. The van der Waals surface area contributed by atoms with E-state index in [2.05, 4.69) is 15.6 Å². The molecule has 0 heterocycles. The molecule has 0 spiro atoms. The highest BCUT2D eigenvalue weighted by Gasteiger charge is 2.05. The molecule has 27 heavy (non-hydrogen) atoms. The van der Waals surface area contributed by atoms with E-state index >= 15 is 0 Å². The van der Waals surface area contributed by atoms with Crippen molar-refractivity contribution in [1.29, 1.82) is 0 Å². The van der Waals surface area contributed by atoms with Crippen LogP contribution in [-0.4, -0.2) is 33.7 Å². The fourth-order valence-electron chi connectivity index (χ4n) is 2.57. The molecule has 0 aliphatic heterocycles. The molecule has 0 bridgehead atoms. The Morgan fingerprint density at radius 1 is 1.04 bits per heavy atom. The lowest BCUT2D eigenvalue weighted by Gasteiger charge is -2.11. The van der Waals surface area contributed by atoms with Crippen molar-refractivity contribution in [2.75, 3.05) is 19.3 Å². The summed E-state index contributed by atoms with van der Waals surface area (Å²) in [5.74, 6) is 0.501. The predicted octanol–water partition coefficient (Wildman–Crippen LogP) is 2.67. The standard InChI is InChI=1S/C20H26FN3O2S/c1-3-22-20(23-13-12-18-6-4-5-7-19(18)21)24-14-16-8-10-17(11-9-16)15-27(2,25)26/h4-11H,3,12-15H2,1-2H3,(H2,22,23,24). The van der Waals surface area contributed by atoms with Crippen LogP contribution in [0.25, 0.3) is 0 Å². The number of nitrogens with zero attached hydrogens (tertiary/aromatic N) is 1. The quantitative estimate of drug-likeness (QED) is 0.536. The zero-order chi connectivity index (χ0) is 19.7. The van der Waals surface area contributed by atoms with Gasteiger partial charge < -0.3 is 10.6 Å². The lowest BCUT2D eigenvalue weighted by atomic mass is 10.1. The average molecular weight is 392 g/mol. The molecule has 2 N–H and O–H groups in total. The second-order valence-electron chi connectivity index (χ2n) is 6.35. The van der Waals surface area contributed by atoms with E-state index in [1.807, 2.05) is 37.3 Å². The van der Waals surface area contributed by atoms with Crippen LogP contribution in [0.15, 0.2) is 53.5 Å². The molecule has 0 radical (unpaired) electrons. The fraction of sp³-hybridized carbons (Fsp3) is 0.350. The second kappa shape index (κ2) is 10.1. The first-order valence-electron chi connectivity index (χ1n) is 8.88. The van der Waals surface area contributed by atoms with Crippen molar-refractivity contribution in [2.24, 2.45) is 4.99 Å². The van der Waals surface area contributed by atoms with E-state index in [1.54, 1.807) is 12.1 Å². The van der Waals surface area contributed by atoms with Crippen LogP contribution in [0.5, 0.6) is 0 Å². The van der Waals surface area contributed by atoms with Crippen molar-refractivity contribution in [2.45, 2.75) is 25.6 Å². The zero-order valence-electron chi connectivity index (χ0n) is 15.7. The van der Waals surface area contributed by atoms with Crippen LogP contribution in [0, 0.1) is 5.82 Å². The van der Waals surface area contributed by atoms with Crippen molar-refractivity contribution in [3.8, 4) is 0 Å². The van der Waals surface area contributed by atoms with Gasteiger partial charge >= 0.3 is 0 Å². The topological polar surface area (TPSA) is 70.6 Å². The number of benzene rings is 2. The molecule has 0 saturated carbocycles. The molecule has 2 aromatic rings. The molecule has 0 aliphatic rings. The van der Waals surface area contributed by atoms with Crippen molar-refractivity contribution in [1.82, 2.24) is 10.6 Å². The predicted molar refractivity (Wildman–Crippen MR) is 108 cm³/mol. The summed E-state index contributed by atoms with van der Waals surface area (Å²) < 4.78 is 36.3. The van der Waals surface area contributed by atoms with Gasteiger partial charge in [-0.3, -0.25) is 0 Å². The summed E-state index contributed by atoms with van der Waals surface area (Å²) >= 11 is 0. The number of sulfone groups is 1. The molecular formula is C20H26FN3O2S. The number of halogens is 1. The summed E-state index contributed by atoms with van der Waals surface area (Å²) in [5, 5.41) is 6.36. The molecule has 0 aliphatic carbocycles. The Morgan fingerprint density at radius 2 is 1.70 bits per heavy atom. The van der Waals surface area contributed by atoms with Crippen LogP contribution in [0.1, 0.15) is 23.6 Å². The van der Waals surface area contributed by atoms with Gasteiger partial charge in [-0.15, -0.1) is 0 Å². The first-order valence-corrected chi connectivity index (χ1v) is 10.9. The smallest absolute Gasteiger partial charge is 0.191 e. The summed E-state index contributed by atoms with van der Waals surface area (Å²) in [6, 6.07) is 14.1. The Morgan fingerprint density at radius 3 is 2.33 bits per heavy atom. The zero-order valence-corrected chi connectivity index (χ0v) is 16.5. The van der Waals surface area contributed by atoms with Crippen molar-refractivity contribution < 1.29 is 12.8 Å². The number of rotatable bonds is 8. The van der Waals surface area contributed by atoms with E-state index in [0.29, 0.717) is 31.0 Å². The number of hydrogen-bond acceptors (Lipinski definition) is 3. The van der Waals surface area contributed by atoms with Crippen molar-refractivity contribution >= 4 is 15.8 Å². The Bertz CT molecular complexity index is 865. The first kappa shape index (κ1) is 20.9. The minimum atomic E-state index is -3.03. The molecule has 0 atom stereocenters. The van der Waals surface area contributed by atoms with Gasteiger partial charge in [-0.2, -0.15) is 0 Å². The van der Waals surface area contributed by atoms with Crippen LogP contribution >= 0.6 is 0 Å². The normalized spacial score (nSPS) is 12.0. The van der Waals surface area contributed by atoms with Crippen LogP contribution in [0.3, 0.4) is 0 Å². The van der Waals surface area contributed by atoms with Gasteiger partial charge in [0.2, 0.25) is 0 Å². The van der Waals surface area contributed by atoms with Gasteiger partial charge in [-0.25, -0.2) is 17.8 Å². The van der Waals surface area contributed by atoms with Crippen LogP contribution in [0.4, 0.5) is 4.39 Å². The second-order valence-corrected chi connectivity index (χ2v) is 8.49. The average Bonchev–Trinajstić information content (AvgIpc) is 2.61. The van der Waals surface area contributed by atoms with Gasteiger partial charge in [-0.1, -0.05) is 42.5 Å². The maximum atomic E-state index is 13.7. The third kappa shape index (κ3) is 7.78. The van der Waals surface area contributed by atoms with Crippen LogP contribution in [-0.2, 0) is 28.6 Å². The highest BCUT2D eigenvalue weighted by atomic mass is 32.2. The van der Waals surface area contributed by atoms with E-state index in [1.165, 1.54) is 12.3 Å². The fourth-order valence-corrected chi connectivity index (χ4v) is 3.37. The molecule has 0 unspecified atom stereocenters. The van der Waals surface area contributed by atoms with Gasteiger partial charge in [0.1, 0.15) is 5.82 Å². The molecule has 2 rings (SSSR count).